The summed E-state index contributed by atoms with van der Waals surface area (Å²) in [5, 5.41) is 0. The van der Waals surface area contributed by atoms with Crippen LogP contribution in [0.4, 0.5) is 0 Å². The molecule has 0 radical (unpaired) electrons. The number of benzene rings is 3. The van der Waals surface area contributed by atoms with E-state index in [0.717, 1.165) is 11.1 Å². The molecule has 1 atom stereocenters. The molecule has 0 amide bonds. The summed E-state index contributed by atoms with van der Waals surface area (Å²) in [5.74, 6) is -1.34. The third kappa shape index (κ3) is 6.85. The van der Waals surface area contributed by atoms with Gasteiger partial charge in [-0.2, -0.15) is 0 Å². The summed E-state index contributed by atoms with van der Waals surface area (Å²) in [4.78, 5) is 37.8. The van der Waals surface area contributed by atoms with Crippen LogP contribution in [-0.4, -0.2) is 23.8 Å². The Morgan fingerprint density at radius 1 is 0.727 bits per heavy atom. The van der Waals surface area contributed by atoms with Gasteiger partial charge in [0.15, 0.2) is 17.3 Å². The number of ketones is 1. The molecular weight excluding hydrogens is 418 g/mol. The number of ether oxygens (including phenoxy) is 2. The van der Waals surface area contributed by atoms with Crippen LogP contribution < -0.4 is 15.2 Å². The lowest BCUT2D eigenvalue weighted by atomic mass is 9.96. The second kappa shape index (κ2) is 11.2. The van der Waals surface area contributed by atoms with Crippen molar-refractivity contribution >= 4 is 17.7 Å². The van der Waals surface area contributed by atoms with E-state index in [1.165, 1.54) is 18.2 Å². The van der Waals surface area contributed by atoms with Crippen LogP contribution in [0.2, 0.25) is 0 Å². The van der Waals surface area contributed by atoms with Gasteiger partial charge >= 0.3 is 11.9 Å². The van der Waals surface area contributed by atoms with E-state index in [-0.39, 0.29) is 41.6 Å². The zero-order valence-electron chi connectivity index (χ0n) is 18.7. The zero-order valence-corrected chi connectivity index (χ0v) is 18.7. The summed E-state index contributed by atoms with van der Waals surface area (Å²) in [6.45, 7) is 3.70. The average molecular weight is 446 g/mol. The maximum atomic E-state index is 12.7. The monoisotopic (exact) mass is 445 g/mol. The molecule has 3 rings (SSSR count). The predicted octanol–water partition coefficient (Wildman–Crippen LogP) is 4.15. The molecule has 6 heteroatoms. The highest BCUT2D eigenvalue weighted by atomic mass is 16.6. The van der Waals surface area contributed by atoms with Crippen LogP contribution in [0.25, 0.3) is 0 Å². The van der Waals surface area contributed by atoms with Crippen LogP contribution in [-0.2, 0) is 22.4 Å². The third-order valence-corrected chi connectivity index (χ3v) is 5.08. The number of rotatable bonds is 9. The summed E-state index contributed by atoms with van der Waals surface area (Å²) in [6, 6.07) is 21.9. The first-order valence-electron chi connectivity index (χ1n) is 10.8. The minimum atomic E-state index is -0.704. The summed E-state index contributed by atoms with van der Waals surface area (Å²) < 4.78 is 11.0. The fourth-order valence-electron chi connectivity index (χ4n) is 3.16. The smallest absolute Gasteiger partial charge is 0.315 e. The SMILES string of the molecule is CC(C)C(N)C(=O)c1ccc(OC(=O)Cc2ccccc2)c(OC(=O)Cc2ccccc2)c1. The number of hydrogen-bond donors (Lipinski definition) is 1. The Morgan fingerprint density at radius 2 is 1.21 bits per heavy atom. The maximum absolute atomic E-state index is 12.7. The number of carbonyl (C=O) groups excluding carboxylic acids is 3. The lowest BCUT2D eigenvalue weighted by Gasteiger charge is -2.16. The summed E-state index contributed by atoms with van der Waals surface area (Å²) >= 11 is 0. The molecule has 0 bridgehead atoms. The van der Waals surface area contributed by atoms with E-state index in [4.69, 9.17) is 15.2 Å². The van der Waals surface area contributed by atoms with Gasteiger partial charge in [-0.15, -0.1) is 0 Å². The molecule has 2 N–H and O–H groups in total. The highest BCUT2D eigenvalue weighted by molar-refractivity contribution is 6.01. The molecule has 33 heavy (non-hydrogen) atoms. The average Bonchev–Trinajstić information content (AvgIpc) is 2.80. The lowest BCUT2D eigenvalue weighted by molar-refractivity contribution is -0.136. The minimum absolute atomic E-state index is 0.000788. The van der Waals surface area contributed by atoms with Crippen molar-refractivity contribution in [2.75, 3.05) is 0 Å². The summed E-state index contributed by atoms with van der Waals surface area (Å²) in [6.07, 6.45) is 0.0824. The van der Waals surface area contributed by atoms with Crippen LogP contribution in [0.15, 0.2) is 78.9 Å². The maximum Gasteiger partial charge on any atom is 0.315 e. The van der Waals surface area contributed by atoms with E-state index in [2.05, 4.69) is 0 Å². The van der Waals surface area contributed by atoms with Crippen molar-refractivity contribution in [3.8, 4) is 11.5 Å². The Labute approximate surface area is 193 Å². The van der Waals surface area contributed by atoms with Gasteiger partial charge in [0.05, 0.1) is 18.9 Å². The van der Waals surface area contributed by atoms with E-state index < -0.39 is 18.0 Å². The minimum Gasteiger partial charge on any atom is -0.422 e. The molecule has 0 aliphatic carbocycles. The molecule has 6 nitrogen and oxygen atoms in total. The van der Waals surface area contributed by atoms with E-state index >= 15 is 0 Å². The van der Waals surface area contributed by atoms with Crippen molar-refractivity contribution in [2.24, 2.45) is 11.7 Å². The molecule has 0 saturated heterocycles. The standard InChI is InChI=1S/C27H27NO5/c1-18(2)26(28)27(31)21-13-14-22(32-24(29)15-19-9-5-3-6-10-19)23(17-21)33-25(30)16-20-11-7-4-8-12-20/h3-14,17-18,26H,15-16,28H2,1-2H3. The van der Waals surface area contributed by atoms with Crippen LogP contribution in [0, 0.1) is 5.92 Å². The number of carbonyl (C=O) groups is 3. The first-order chi connectivity index (χ1) is 15.8. The Kier molecular flexibility index (Phi) is 8.11. The van der Waals surface area contributed by atoms with Gasteiger partial charge < -0.3 is 15.2 Å². The largest absolute Gasteiger partial charge is 0.422 e. The van der Waals surface area contributed by atoms with E-state index in [1.54, 1.807) is 0 Å². The number of nitrogens with two attached hydrogens (primary N) is 1. The molecule has 0 spiro atoms. The number of hydrogen-bond acceptors (Lipinski definition) is 6. The summed E-state index contributed by atoms with van der Waals surface area (Å²) in [5.41, 5.74) is 7.86. The van der Waals surface area contributed by atoms with Crippen molar-refractivity contribution in [1.29, 1.82) is 0 Å². The van der Waals surface area contributed by atoms with Crippen molar-refractivity contribution in [3.63, 3.8) is 0 Å². The highest BCUT2D eigenvalue weighted by Gasteiger charge is 2.22. The fraction of sp³-hybridized carbons (Fsp3) is 0.222. The van der Waals surface area contributed by atoms with Gasteiger partial charge in [-0.3, -0.25) is 14.4 Å². The number of Topliss-reactive ketones (excluding diaryl/α,β-unsaturated/α-hetero) is 1. The lowest BCUT2D eigenvalue weighted by Crippen LogP contribution is -2.35. The first kappa shape index (κ1) is 23.9. The molecule has 170 valence electrons. The van der Waals surface area contributed by atoms with Gasteiger partial charge in [0, 0.05) is 5.56 Å². The van der Waals surface area contributed by atoms with Crippen molar-refractivity contribution in [3.05, 3.63) is 95.6 Å². The van der Waals surface area contributed by atoms with Crippen molar-refractivity contribution < 1.29 is 23.9 Å². The molecule has 0 aliphatic rings. The zero-order chi connectivity index (χ0) is 23.8. The Morgan fingerprint density at radius 3 is 1.70 bits per heavy atom. The Balaban J connectivity index is 1.83. The molecule has 3 aromatic carbocycles. The van der Waals surface area contributed by atoms with Crippen molar-refractivity contribution in [1.82, 2.24) is 0 Å². The molecule has 1 unspecified atom stereocenters. The molecule has 0 heterocycles. The van der Waals surface area contributed by atoms with Crippen LogP contribution in [0.3, 0.4) is 0 Å². The topological polar surface area (TPSA) is 95.7 Å². The van der Waals surface area contributed by atoms with Crippen molar-refractivity contribution in [2.45, 2.75) is 32.7 Å². The second-order valence-electron chi connectivity index (χ2n) is 8.07. The van der Waals surface area contributed by atoms with Crippen LogP contribution in [0.5, 0.6) is 11.5 Å². The molecule has 0 aliphatic heterocycles. The van der Waals surface area contributed by atoms with Crippen LogP contribution >= 0.6 is 0 Å². The van der Waals surface area contributed by atoms with E-state index in [9.17, 15) is 14.4 Å². The van der Waals surface area contributed by atoms with Gasteiger partial charge in [0.25, 0.3) is 0 Å². The predicted molar refractivity (Wildman–Crippen MR) is 125 cm³/mol. The van der Waals surface area contributed by atoms with Gasteiger partial charge in [-0.05, 0) is 35.2 Å². The molecule has 3 aromatic rings. The quantitative estimate of drug-likeness (QED) is 0.302. The normalized spacial score (nSPS) is 11.6. The Hall–Kier alpha value is -3.77. The fourth-order valence-corrected chi connectivity index (χ4v) is 3.16. The molecule has 0 fully saturated rings. The molecule has 0 saturated carbocycles. The van der Waals surface area contributed by atoms with Gasteiger partial charge in [-0.1, -0.05) is 74.5 Å². The highest BCUT2D eigenvalue weighted by Crippen LogP contribution is 2.30. The molecule has 0 aromatic heterocycles. The Bertz CT molecular complexity index is 1110. The van der Waals surface area contributed by atoms with Crippen LogP contribution in [0.1, 0.15) is 35.3 Å². The third-order valence-electron chi connectivity index (χ3n) is 5.08. The molecular formula is C27H27NO5. The van der Waals surface area contributed by atoms with Gasteiger partial charge in [-0.25, -0.2) is 0 Å². The number of esters is 2. The van der Waals surface area contributed by atoms with Gasteiger partial charge in [0.2, 0.25) is 0 Å². The first-order valence-corrected chi connectivity index (χ1v) is 10.8. The summed E-state index contributed by atoms with van der Waals surface area (Å²) in [7, 11) is 0. The van der Waals surface area contributed by atoms with E-state index in [1.807, 2.05) is 74.5 Å². The second-order valence-corrected chi connectivity index (χ2v) is 8.07. The van der Waals surface area contributed by atoms with Gasteiger partial charge in [0.1, 0.15) is 0 Å². The van der Waals surface area contributed by atoms with E-state index in [0.29, 0.717) is 0 Å².